The van der Waals surface area contributed by atoms with E-state index in [9.17, 15) is 0 Å². The van der Waals surface area contributed by atoms with Crippen molar-refractivity contribution < 1.29 is 9.80 Å². The number of nitrogens with one attached hydrogen (secondary N) is 2. The van der Waals surface area contributed by atoms with Crippen molar-refractivity contribution in [3.05, 3.63) is 99.0 Å². The van der Waals surface area contributed by atoms with Crippen molar-refractivity contribution in [3.8, 4) is 33.4 Å². The van der Waals surface area contributed by atoms with E-state index in [1.807, 2.05) is 0 Å². The van der Waals surface area contributed by atoms with Crippen molar-refractivity contribution in [2.24, 2.45) is 0 Å². The topological polar surface area (TPSA) is 8.88 Å². The van der Waals surface area contributed by atoms with Crippen LogP contribution in [0.25, 0.3) is 33.4 Å². The van der Waals surface area contributed by atoms with Crippen molar-refractivity contribution >= 4 is 22.7 Å². The SMILES string of the molecule is [CH2-][NH+]1c2ccccc2-c2cccc(-c3cccc4c3[NH+]([CH2-])c3ccccc3-4)c21. The quantitative estimate of drug-likeness (QED) is 0.459. The normalized spacial score (nSPS) is 18.4. The summed E-state index contributed by atoms with van der Waals surface area (Å²) in [5.74, 6) is 0. The fourth-order valence-electron chi connectivity index (χ4n) is 4.88. The highest BCUT2D eigenvalue weighted by Crippen LogP contribution is 2.47. The number of benzene rings is 4. The molecular formula is C26H20N2. The molecule has 0 spiro atoms. The summed E-state index contributed by atoms with van der Waals surface area (Å²) in [6, 6.07) is 30.3. The van der Waals surface area contributed by atoms with Gasteiger partial charge >= 0.3 is 0 Å². The third-order valence-corrected chi connectivity index (χ3v) is 6.11. The van der Waals surface area contributed by atoms with Crippen LogP contribution in [0, 0.1) is 14.1 Å². The van der Waals surface area contributed by atoms with Gasteiger partial charge in [-0.25, -0.2) is 0 Å². The molecule has 0 aromatic heterocycles. The van der Waals surface area contributed by atoms with Crippen LogP contribution in [0.2, 0.25) is 0 Å². The molecule has 2 heteroatoms. The van der Waals surface area contributed by atoms with Crippen molar-refractivity contribution in [2.45, 2.75) is 0 Å². The third-order valence-electron chi connectivity index (χ3n) is 6.11. The van der Waals surface area contributed by atoms with E-state index < -0.39 is 0 Å². The molecule has 2 nitrogen and oxygen atoms in total. The van der Waals surface area contributed by atoms with Crippen LogP contribution in [0.5, 0.6) is 0 Å². The second-order valence-corrected chi connectivity index (χ2v) is 7.50. The Labute approximate surface area is 165 Å². The molecule has 134 valence electrons. The molecule has 28 heavy (non-hydrogen) atoms. The smallest absolute Gasteiger partial charge is 0.126 e. The maximum absolute atomic E-state index is 4.45. The number of rotatable bonds is 1. The zero-order valence-electron chi connectivity index (χ0n) is 15.5. The zero-order valence-corrected chi connectivity index (χ0v) is 15.5. The van der Waals surface area contributed by atoms with Gasteiger partial charge in [0.05, 0.1) is 0 Å². The summed E-state index contributed by atoms with van der Waals surface area (Å²) in [6.45, 7) is 0. The van der Waals surface area contributed by atoms with E-state index in [1.165, 1.54) is 56.1 Å². The molecule has 2 atom stereocenters. The molecule has 0 radical (unpaired) electrons. The van der Waals surface area contributed by atoms with E-state index in [2.05, 4.69) is 99.0 Å². The number of hydrogen-bond acceptors (Lipinski definition) is 0. The highest BCUT2D eigenvalue weighted by molar-refractivity contribution is 5.99. The Morgan fingerprint density at radius 2 is 0.714 bits per heavy atom. The molecule has 2 aliphatic rings. The lowest BCUT2D eigenvalue weighted by atomic mass is 9.94. The molecular weight excluding hydrogens is 340 g/mol. The Balaban J connectivity index is 1.63. The summed E-state index contributed by atoms with van der Waals surface area (Å²) < 4.78 is 0. The van der Waals surface area contributed by atoms with E-state index in [1.54, 1.807) is 0 Å². The third kappa shape index (κ3) is 1.94. The van der Waals surface area contributed by atoms with Gasteiger partial charge in [-0.2, -0.15) is 0 Å². The lowest BCUT2D eigenvalue weighted by molar-refractivity contribution is -0.701. The first kappa shape index (κ1) is 15.8. The van der Waals surface area contributed by atoms with Gasteiger partial charge in [-0.3, -0.25) is 0 Å². The number of para-hydroxylation sites is 4. The van der Waals surface area contributed by atoms with Crippen molar-refractivity contribution in [1.82, 2.24) is 0 Å². The summed E-state index contributed by atoms with van der Waals surface area (Å²) in [5, 5.41) is 0. The average molecular weight is 360 g/mol. The van der Waals surface area contributed by atoms with E-state index in [-0.39, 0.29) is 0 Å². The fourth-order valence-corrected chi connectivity index (χ4v) is 4.88. The molecule has 6 rings (SSSR count). The summed E-state index contributed by atoms with van der Waals surface area (Å²) in [6.07, 6.45) is 0. The highest BCUT2D eigenvalue weighted by atomic mass is 15.1. The van der Waals surface area contributed by atoms with E-state index in [0.717, 1.165) is 9.80 Å². The largest absolute Gasteiger partial charge is 0.400 e. The van der Waals surface area contributed by atoms with Gasteiger partial charge in [0.2, 0.25) is 0 Å². The molecule has 4 aromatic carbocycles. The van der Waals surface area contributed by atoms with Gasteiger partial charge in [-0.15, -0.1) is 14.1 Å². The van der Waals surface area contributed by atoms with Gasteiger partial charge in [0, 0.05) is 33.4 Å². The molecule has 2 N–H and O–H groups in total. The van der Waals surface area contributed by atoms with Gasteiger partial charge < -0.3 is 9.80 Å². The molecule has 2 aliphatic heterocycles. The molecule has 2 heterocycles. The molecule has 0 saturated carbocycles. The van der Waals surface area contributed by atoms with Crippen LogP contribution in [0.15, 0.2) is 84.9 Å². The average Bonchev–Trinajstić information content (AvgIpc) is 3.21. The van der Waals surface area contributed by atoms with E-state index in [4.69, 9.17) is 0 Å². The summed E-state index contributed by atoms with van der Waals surface area (Å²) >= 11 is 0. The number of fused-ring (bicyclic) bond motifs is 6. The zero-order chi connectivity index (χ0) is 18.8. The van der Waals surface area contributed by atoms with Crippen molar-refractivity contribution in [2.75, 3.05) is 0 Å². The minimum absolute atomic E-state index is 1.11. The first-order valence-electron chi connectivity index (χ1n) is 9.60. The van der Waals surface area contributed by atoms with Crippen LogP contribution in [0.1, 0.15) is 0 Å². The molecule has 0 amide bonds. The summed E-state index contributed by atoms with van der Waals surface area (Å²) in [4.78, 5) is 2.22. The van der Waals surface area contributed by atoms with Crippen LogP contribution in [0.4, 0.5) is 22.7 Å². The second kappa shape index (κ2) is 5.65. The van der Waals surface area contributed by atoms with Gasteiger partial charge in [-0.1, -0.05) is 36.4 Å². The lowest BCUT2D eigenvalue weighted by Gasteiger charge is -2.22. The van der Waals surface area contributed by atoms with E-state index >= 15 is 0 Å². The maximum atomic E-state index is 4.45. The summed E-state index contributed by atoms with van der Waals surface area (Å²) in [5.41, 5.74) is 12.6. The number of hydrogen-bond donors (Lipinski definition) is 2. The molecule has 4 aromatic rings. The Kier molecular flexibility index (Phi) is 3.19. The second-order valence-electron chi connectivity index (χ2n) is 7.50. The Morgan fingerprint density at radius 1 is 0.393 bits per heavy atom. The summed E-state index contributed by atoms with van der Waals surface area (Å²) in [7, 11) is 8.91. The van der Waals surface area contributed by atoms with Crippen LogP contribution in [-0.4, -0.2) is 0 Å². The number of quaternary nitrogens is 2. The standard InChI is InChI=1S/C26H20N2/c1-27-23-15-5-3-9-17(23)19-11-7-13-21(25(19)27)22-14-8-12-20-18-10-4-6-16-24(18)28(2)26(20)22/h3-16,27-28H,1-2H2. The minimum Gasteiger partial charge on any atom is -0.400 e. The fraction of sp³-hybridized carbons (Fsp3) is 0. The van der Waals surface area contributed by atoms with Gasteiger partial charge in [0.15, 0.2) is 0 Å². The van der Waals surface area contributed by atoms with Crippen LogP contribution < -0.4 is 9.80 Å². The Morgan fingerprint density at radius 3 is 1.14 bits per heavy atom. The monoisotopic (exact) mass is 360 g/mol. The first-order valence-corrected chi connectivity index (χ1v) is 9.60. The first-order chi connectivity index (χ1) is 13.8. The van der Waals surface area contributed by atoms with Crippen LogP contribution in [-0.2, 0) is 0 Å². The predicted molar refractivity (Wildman–Crippen MR) is 114 cm³/mol. The molecule has 0 aliphatic carbocycles. The van der Waals surface area contributed by atoms with Gasteiger partial charge in [0.1, 0.15) is 22.7 Å². The Bertz CT molecular complexity index is 1160. The highest BCUT2D eigenvalue weighted by Gasteiger charge is 2.33. The maximum Gasteiger partial charge on any atom is 0.126 e. The minimum atomic E-state index is 1.11. The van der Waals surface area contributed by atoms with Gasteiger partial charge in [0.25, 0.3) is 0 Å². The molecule has 0 fully saturated rings. The lowest BCUT2D eigenvalue weighted by Crippen LogP contribution is -2.95. The molecule has 0 bridgehead atoms. The van der Waals surface area contributed by atoms with E-state index in [0.29, 0.717) is 0 Å². The van der Waals surface area contributed by atoms with Gasteiger partial charge in [-0.05, 0) is 48.5 Å². The molecule has 2 unspecified atom stereocenters. The molecule has 0 saturated heterocycles. The van der Waals surface area contributed by atoms with Crippen LogP contribution >= 0.6 is 0 Å². The van der Waals surface area contributed by atoms with Crippen molar-refractivity contribution in [1.29, 1.82) is 0 Å². The van der Waals surface area contributed by atoms with Crippen molar-refractivity contribution in [3.63, 3.8) is 0 Å². The van der Waals surface area contributed by atoms with Crippen LogP contribution in [0.3, 0.4) is 0 Å². The Hall–Kier alpha value is -3.20. The predicted octanol–water partition coefficient (Wildman–Crippen LogP) is 4.59.